The average molecular weight is 170 g/mol. The molecule has 0 rings (SSSR count). The van der Waals surface area contributed by atoms with Gasteiger partial charge in [0.05, 0.1) is 0 Å². The van der Waals surface area contributed by atoms with Gasteiger partial charge in [0.1, 0.15) is 0 Å². The molecular formula is Al4Li9. The Hall–Kier alpha value is 7.51. The first-order valence-electron chi connectivity index (χ1n) is 0. The van der Waals surface area contributed by atoms with Crippen molar-refractivity contribution in [2.75, 3.05) is 0 Å². The Bertz CT molecular complexity index is 11.6. The molecule has 0 spiro atoms. The average Bonchev–Trinajstić information content (AvgIpc) is 0. The topological polar surface area (TPSA) is 0 Å². The van der Waals surface area contributed by atoms with E-state index >= 15 is 0 Å². The summed E-state index contributed by atoms with van der Waals surface area (Å²) in [6.07, 6.45) is 0. The molecule has 0 atom stereocenters. The summed E-state index contributed by atoms with van der Waals surface area (Å²) in [7, 11) is 0. The maximum Gasteiger partial charge on any atom is 0 e. The SMILES string of the molecule is [Al].[Al].[Al].[Al].[Li].[Li].[Li].[Li].[Li].[Li].[Li].[Li].[Li]. The van der Waals surface area contributed by atoms with Gasteiger partial charge >= 0.3 is 0 Å². The monoisotopic (exact) mass is 171 g/mol. The maximum absolute atomic E-state index is 0. The summed E-state index contributed by atoms with van der Waals surface area (Å²) in [6, 6.07) is 0. The summed E-state index contributed by atoms with van der Waals surface area (Å²) in [5.74, 6) is 0. The van der Waals surface area contributed by atoms with Crippen molar-refractivity contribution in [2.24, 2.45) is 0 Å². The van der Waals surface area contributed by atoms with Gasteiger partial charge in [-0.2, -0.15) is 0 Å². The molecule has 0 heterocycles. The van der Waals surface area contributed by atoms with E-state index in [9.17, 15) is 0 Å². The van der Waals surface area contributed by atoms with Gasteiger partial charge in [-0.05, 0) is 0 Å². The molecule has 0 saturated heterocycles. The van der Waals surface area contributed by atoms with E-state index in [1.807, 2.05) is 0 Å². The van der Waals surface area contributed by atoms with Crippen molar-refractivity contribution in [2.45, 2.75) is 0 Å². The van der Waals surface area contributed by atoms with Gasteiger partial charge in [-0.1, -0.05) is 0 Å². The van der Waals surface area contributed by atoms with Crippen LogP contribution in [-0.4, -0.2) is 239 Å². The van der Waals surface area contributed by atoms with E-state index in [2.05, 4.69) is 0 Å². The molecule has 0 saturated carbocycles. The first-order chi connectivity index (χ1) is 0. The largest absolute Gasteiger partial charge is 0 e. The van der Waals surface area contributed by atoms with Crippen molar-refractivity contribution >= 4 is 239 Å². The zero-order valence-corrected chi connectivity index (χ0v) is 15.9. The minimum absolute atomic E-state index is 0. The van der Waals surface area contributed by atoms with Crippen LogP contribution in [0.1, 0.15) is 0 Å². The Morgan fingerprint density at radius 2 is 0.154 bits per heavy atom. The van der Waals surface area contributed by atoms with Gasteiger partial charge in [-0.15, -0.1) is 0 Å². The molecule has 0 unspecified atom stereocenters. The molecule has 13 heavy (non-hydrogen) atoms. The fraction of sp³-hybridized carbons (Fsp3) is 0. The fourth-order valence-corrected chi connectivity index (χ4v) is 0. The minimum atomic E-state index is 0. The van der Waals surface area contributed by atoms with Gasteiger partial charge < -0.3 is 0 Å². The molecule has 13 heteroatoms. The van der Waals surface area contributed by atoms with Crippen LogP contribution in [0, 0.1) is 0 Å². The van der Waals surface area contributed by atoms with Crippen molar-refractivity contribution in [3.8, 4) is 0 Å². The molecule has 0 aromatic rings. The van der Waals surface area contributed by atoms with Crippen molar-refractivity contribution in [3.63, 3.8) is 0 Å². The van der Waals surface area contributed by atoms with Gasteiger partial charge in [0.25, 0.3) is 0 Å². The van der Waals surface area contributed by atoms with E-state index in [4.69, 9.17) is 0 Å². The summed E-state index contributed by atoms with van der Waals surface area (Å²) in [5, 5.41) is 0. The van der Waals surface area contributed by atoms with Crippen LogP contribution in [-0.2, 0) is 0 Å². The van der Waals surface area contributed by atoms with Gasteiger partial charge in [-0.25, -0.2) is 0 Å². The van der Waals surface area contributed by atoms with Gasteiger partial charge in [0.2, 0.25) is 0 Å². The molecule has 0 N–H and O–H groups in total. The molecule has 0 amide bonds. The molecule has 21 valence electrons. The van der Waals surface area contributed by atoms with Crippen LogP contribution < -0.4 is 0 Å². The second-order valence-electron chi connectivity index (χ2n) is 0. The summed E-state index contributed by atoms with van der Waals surface area (Å²) < 4.78 is 0. The molecular weight excluding hydrogens is 170 g/mol. The van der Waals surface area contributed by atoms with E-state index in [0.29, 0.717) is 0 Å². The van der Waals surface area contributed by atoms with E-state index in [1.54, 1.807) is 0 Å². The second kappa shape index (κ2) is 119. The van der Waals surface area contributed by atoms with E-state index in [1.165, 1.54) is 0 Å². The van der Waals surface area contributed by atoms with E-state index < -0.39 is 0 Å². The number of hydrogen-bond donors (Lipinski definition) is 0. The molecule has 21 radical (unpaired) electrons. The zero-order valence-electron chi connectivity index (χ0n) is 11.3. The molecule has 0 aliphatic carbocycles. The maximum atomic E-state index is 0. The predicted octanol–water partition coefficient (Wildman–Crippen LogP) is -4.95. The third-order valence-electron chi connectivity index (χ3n) is 0. The minimum Gasteiger partial charge on any atom is 0 e. The Labute approximate surface area is 234 Å². The Morgan fingerprint density at radius 1 is 0.154 bits per heavy atom. The van der Waals surface area contributed by atoms with Crippen LogP contribution in [0.4, 0.5) is 0 Å². The molecule has 0 aromatic carbocycles. The van der Waals surface area contributed by atoms with Gasteiger partial charge in [0, 0.05) is 239 Å². The van der Waals surface area contributed by atoms with Crippen LogP contribution >= 0.6 is 0 Å². The Kier molecular flexibility index (Phi) is 1260. The van der Waals surface area contributed by atoms with Crippen molar-refractivity contribution < 1.29 is 0 Å². The zero-order chi connectivity index (χ0) is 0. The summed E-state index contributed by atoms with van der Waals surface area (Å²) >= 11 is 0. The third-order valence-corrected chi connectivity index (χ3v) is 0. The summed E-state index contributed by atoms with van der Waals surface area (Å²) in [6.45, 7) is 0. The van der Waals surface area contributed by atoms with Gasteiger partial charge in [0.15, 0.2) is 0 Å². The predicted molar refractivity (Wildman–Crippen MR) is 74.8 cm³/mol. The molecule has 0 fully saturated rings. The Balaban J connectivity index is 0. The molecule has 0 nitrogen and oxygen atoms in total. The first kappa shape index (κ1) is 138. The fourth-order valence-electron chi connectivity index (χ4n) is 0. The van der Waals surface area contributed by atoms with Crippen LogP contribution in [0.25, 0.3) is 0 Å². The van der Waals surface area contributed by atoms with Crippen molar-refractivity contribution in [3.05, 3.63) is 0 Å². The van der Waals surface area contributed by atoms with Crippen LogP contribution in [0.15, 0.2) is 0 Å². The van der Waals surface area contributed by atoms with Crippen molar-refractivity contribution in [1.82, 2.24) is 0 Å². The molecule has 0 aliphatic heterocycles. The number of rotatable bonds is 0. The normalized spacial score (nSPS) is 0. The van der Waals surface area contributed by atoms with E-state index in [0.717, 1.165) is 0 Å². The molecule has 0 aliphatic rings. The first-order valence-corrected chi connectivity index (χ1v) is 0. The quantitative estimate of drug-likeness (QED) is 0.320. The smallest absolute Gasteiger partial charge is 0 e. The second-order valence-corrected chi connectivity index (χ2v) is 0. The molecule has 0 aromatic heterocycles. The summed E-state index contributed by atoms with van der Waals surface area (Å²) in [5.41, 5.74) is 0. The van der Waals surface area contributed by atoms with Crippen LogP contribution in [0.2, 0.25) is 0 Å². The molecule has 0 bridgehead atoms. The van der Waals surface area contributed by atoms with Crippen LogP contribution in [0.5, 0.6) is 0 Å². The van der Waals surface area contributed by atoms with Crippen molar-refractivity contribution in [1.29, 1.82) is 0 Å². The number of hydrogen-bond acceptors (Lipinski definition) is 0. The third kappa shape index (κ3) is 106. The van der Waals surface area contributed by atoms with E-state index in [-0.39, 0.29) is 239 Å². The Morgan fingerprint density at radius 3 is 0.154 bits per heavy atom. The standard InChI is InChI=1S/4Al.9Li. The van der Waals surface area contributed by atoms with Crippen LogP contribution in [0.3, 0.4) is 0 Å². The van der Waals surface area contributed by atoms with Gasteiger partial charge in [-0.3, -0.25) is 0 Å². The summed E-state index contributed by atoms with van der Waals surface area (Å²) in [4.78, 5) is 0.